The molecule has 0 aliphatic carbocycles. The van der Waals surface area contributed by atoms with Crippen LogP contribution in [0.2, 0.25) is 0 Å². The van der Waals surface area contributed by atoms with Crippen molar-refractivity contribution in [2.24, 2.45) is 0 Å². The number of methoxy groups -OCH3 is 1. The van der Waals surface area contributed by atoms with Gasteiger partial charge in [-0.1, -0.05) is 60.7 Å². The summed E-state index contributed by atoms with van der Waals surface area (Å²) < 4.78 is 11.6. The molecule has 0 spiro atoms. The average Bonchev–Trinajstić information content (AvgIpc) is 3.02. The van der Waals surface area contributed by atoms with Crippen molar-refractivity contribution < 1.29 is 29.0 Å². The first kappa shape index (κ1) is 30.1. The highest BCUT2D eigenvalue weighted by Gasteiger charge is 2.30. The second-order valence-corrected chi connectivity index (χ2v) is 9.50. The third-order valence-electron chi connectivity index (χ3n) is 6.45. The molecular weight excluding hydrogens is 548 g/mol. The minimum atomic E-state index is -1.35. The number of amides is 2. The van der Waals surface area contributed by atoms with E-state index >= 15 is 0 Å². The van der Waals surface area contributed by atoms with E-state index < -0.39 is 29.9 Å². The molecular formula is C33H30N4O6. The van der Waals surface area contributed by atoms with Gasteiger partial charge in [0.05, 0.1) is 24.4 Å². The number of hydrogen-bond acceptors (Lipinski definition) is 7. The van der Waals surface area contributed by atoms with Crippen LogP contribution in [-0.4, -0.2) is 30.0 Å². The molecule has 0 radical (unpaired) electrons. The van der Waals surface area contributed by atoms with Crippen molar-refractivity contribution >= 4 is 29.2 Å². The summed E-state index contributed by atoms with van der Waals surface area (Å²) in [6.07, 6.45) is 0. The monoisotopic (exact) mass is 578 g/mol. The van der Waals surface area contributed by atoms with Crippen LogP contribution in [0.15, 0.2) is 97.1 Å². The number of anilines is 2. The number of nitrogens with one attached hydrogen (secondary N) is 3. The molecule has 4 N–H and O–H groups in total. The number of carbonyl (C=O) groups excluding carboxylic acids is 2. The van der Waals surface area contributed by atoms with Gasteiger partial charge < -0.3 is 30.5 Å². The van der Waals surface area contributed by atoms with Crippen molar-refractivity contribution in [3.05, 3.63) is 119 Å². The smallest absolute Gasteiger partial charge is 0.330 e. The van der Waals surface area contributed by atoms with Crippen molar-refractivity contribution in [2.45, 2.75) is 25.6 Å². The van der Waals surface area contributed by atoms with E-state index in [2.05, 4.69) is 16.0 Å². The van der Waals surface area contributed by atoms with Crippen LogP contribution in [0.25, 0.3) is 0 Å². The lowest BCUT2D eigenvalue weighted by Gasteiger charge is -2.26. The summed E-state index contributed by atoms with van der Waals surface area (Å²) in [7, 11) is 1.45. The number of rotatable bonds is 12. The second-order valence-electron chi connectivity index (χ2n) is 9.50. The molecule has 2 atom stereocenters. The summed E-state index contributed by atoms with van der Waals surface area (Å²) in [5.41, 5.74) is 2.73. The lowest BCUT2D eigenvalue weighted by atomic mass is 10.00. The Morgan fingerprint density at radius 2 is 1.53 bits per heavy atom. The summed E-state index contributed by atoms with van der Waals surface area (Å²) in [4.78, 5) is 38.4. The molecule has 0 aliphatic heterocycles. The Bertz CT molecular complexity index is 1620. The zero-order chi connectivity index (χ0) is 30.8. The number of nitriles is 1. The lowest BCUT2D eigenvalue weighted by molar-refractivity contribution is -0.142. The number of benzene rings is 4. The number of aliphatic carboxylic acids is 1. The van der Waals surface area contributed by atoms with Crippen molar-refractivity contribution in [3.8, 4) is 17.6 Å². The maximum absolute atomic E-state index is 13.9. The zero-order valence-electron chi connectivity index (χ0n) is 23.5. The van der Waals surface area contributed by atoms with E-state index in [1.165, 1.54) is 14.0 Å². The van der Waals surface area contributed by atoms with E-state index in [4.69, 9.17) is 9.47 Å². The first-order valence-electron chi connectivity index (χ1n) is 13.3. The van der Waals surface area contributed by atoms with Crippen LogP contribution < -0.4 is 25.4 Å². The van der Waals surface area contributed by atoms with Gasteiger partial charge >= 0.3 is 5.97 Å². The first-order valence-corrected chi connectivity index (χ1v) is 13.3. The van der Waals surface area contributed by atoms with Crippen molar-refractivity contribution in [3.63, 3.8) is 0 Å². The quantitative estimate of drug-likeness (QED) is 0.179. The first-order chi connectivity index (χ1) is 20.8. The Labute approximate surface area is 248 Å². The Balaban J connectivity index is 1.77. The van der Waals surface area contributed by atoms with Gasteiger partial charge in [-0.3, -0.25) is 9.59 Å². The van der Waals surface area contributed by atoms with Gasteiger partial charge in [-0.15, -0.1) is 0 Å². The maximum atomic E-state index is 13.9. The summed E-state index contributed by atoms with van der Waals surface area (Å²) in [5.74, 6) is -1.72. The molecule has 0 bridgehead atoms. The fourth-order valence-corrected chi connectivity index (χ4v) is 4.37. The molecule has 10 heteroatoms. The van der Waals surface area contributed by atoms with Crippen LogP contribution in [-0.2, 0) is 21.0 Å². The van der Waals surface area contributed by atoms with Crippen molar-refractivity contribution in [1.82, 2.24) is 5.32 Å². The SMILES string of the molecule is COc1cc(C(Nc2ccc(C#N)cc2)C(=O)NC(C(=O)O)c2ccccc2)c(NC(C)=O)cc1OCc1ccccc1. The molecule has 0 saturated heterocycles. The Morgan fingerprint density at radius 3 is 2.12 bits per heavy atom. The molecule has 0 aromatic heterocycles. The summed E-state index contributed by atoms with van der Waals surface area (Å²) in [6, 6.07) is 26.8. The molecule has 10 nitrogen and oxygen atoms in total. The third-order valence-corrected chi connectivity index (χ3v) is 6.45. The minimum Gasteiger partial charge on any atom is -0.493 e. The topological polar surface area (TPSA) is 150 Å². The fraction of sp³-hybridized carbons (Fsp3) is 0.152. The Kier molecular flexibility index (Phi) is 9.95. The van der Waals surface area contributed by atoms with Crippen LogP contribution in [0.4, 0.5) is 11.4 Å². The van der Waals surface area contributed by atoms with Gasteiger partial charge in [0.2, 0.25) is 11.8 Å². The van der Waals surface area contributed by atoms with E-state index in [0.29, 0.717) is 22.6 Å². The van der Waals surface area contributed by atoms with E-state index in [0.717, 1.165) is 5.56 Å². The molecule has 43 heavy (non-hydrogen) atoms. The summed E-state index contributed by atoms with van der Waals surface area (Å²) >= 11 is 0. The largest absolute Gasteiger partial charge is 0.493 e. The van der Waals surface area contributed by atoms with E-state index in [9.17, 15) is 24.8 Å². The molecule has 2 unspecified atom stereocenters. The Hall–Kier alpha value is -5.82. The number of nitrogens with zero attached hydrogens (tertiary/aromatic N) is 1. The zero-order valence-corrected chi connectivity index (χ0v) is 23.5. The van der Waals surface area contributed by atoms with E-state index in [1.54, 1.807) is 66.7 Å². The molecule has 4 rings (SSSR count). The highest BCUT2D eigenvalue weighted by Crippen LogP contribution is 2.38. The number of carbonyl (C=O) groups is 3. The number of carboxylic acid groups (broad SMARTS) is 1. The summed E-state index contributed by atoms with van der Waals surface area (Å²) in [5, 5.41) is 27.7. The average molecular weight is 579 g/mol. The molecule has 4 aromatic carbocycles. The van der Waals surface area contributed by atoms with Crippen molar-refractivity contribution in [2.75, 3.05) is 17.7 Å². The molecule has 0 heterocycles. The number of hydrogen-bond donors (Lipinski definition) is 4. The van der Waals surface area contributed by atoms with Crippen LogP contribution in [0.1, 0.15) is 41.3 Å². The highest BCUT2D eigenvalue weighted by molar-refractivity contribution is 5.95. The fourth-order valence-electron chi connectivity index (χ4n) is 4.37. The standard InChI is InChI=1S/C33H30N4O6/c1-21(38)35-27-18-29(43-20-23-9-5-3-6-10-23)28(42-2)17-26(27)31(36-25-15-13-22(19-34)14-16-25)32(39)37-30(33(40)41)24-11-7-4-8-12-24/h3-18,30-31,36H,20H2,1-2H3,(H,35,38)(H,37,39)(H,40,41). The molecule has 0 saturated carbocycles. The number of carboxylic acids is 1. The maximum Gasteiger partial charge on any atom is 0.330 e. The predicted octanol–water partition coefficient (Wildman–Crippen LogP) is 5.20. The highest BCUT2D eigenvalue weighted by atomic mass is 16.5. The summed E-state index contributed by atoms with van der Waals surface area (Å²) in [6.45, 7) is 1.55. The van der Waals surface area contributed by atoms with Crippen LogP contribution in [0, 0.1) is 11.3 Å². The molecule has 2 amide bonds. The predicted molar refractivity (Wildman–Crippen MR) is 161 cm³/mol. The minimum absolute atomic E-state index is 0.223. The molecule has 4 aromatic rings. The van der Waals surface area contributed by atoms with Crippen molar-refractivity contribution in [1.29, 1.82) is 5.26 Å². The van der Waals surface area contributed by atoms with Gasteiger partial charge in [0.15, 0.2) is 17.5 Å². The van der Waals surface area contributed by atoms with Crippen LogP contribution in [0.5, 0.6) is 11.5 Å². The molecule has 0 fully saturated rings. The van der Waals surface area contributed by atoms with Crippen LogP contribution in [0.3, 0.4) is 0 Å². The van der Waals surface area contributed by atoms with Gasteiger partial charge in [0, 0.05) is 24.2 Å². The van der Waals surface area contributed by atoms with Gasteiger partial charge in [-0.2, -0.15) is 5.26 Å². The van der Waals surface area contributed by atoms with E-state index in [1.807, 2.05) is 36.4 Å². The van der Waals surface area contributed by atoms with Gasteiger partial charge in [-0.25, -0.2) is 4.79 Å². The van der Waals surface area contributed by atoms with Gasteiger partial charge in [0.25, 0.3) is 0 Å². The van der Waals surface area contributed by atoms with Crippen LogP contribution >= 0.6 is 0 Å². The normalized spacial score (nSPS) is 11.7. The molecule has 0 aliphatic rings. The molecule has 218 valence electrons. The van der Waals surface area contributed by atoms with E-state index in [-0.39, 0.29) is 23.6 Å². The second kappa shape index (κ2) is 14.2. The third kappa shape index (κ3) is 7.89. The van der Waals surface area contributed by atoms with Gasteiger partial charge in [-0.05, 0) is 41.5 Å². The lowest BCUT2D eigenvalue weighted by Crippen LogP contribution is -2.39. The number of ether oxygens (including phenoxy) is 2. The Morgan fingerprint density at radius 1 is 0.884 bits per heavy atom. The van der Waals surface area contributed by atoms with Gasteiger partial charge in [0.1, 0.15) is 12.6 Å².